The van der Waals surface area contributed by atoms with Crippen LogP contribution in [0.25, 0.3) is 0 Å². The summed E-state index contributed by atoms with van der Waals surface area (Å²) in [5.41, 5.74) is 2.28. The number of hydrogen-bond acceptors (Lipinski definition) is 3. The van der Waals surface area contributed by atoms with Crippen LogP contribution >= 0.6 is 11.6 Å². The zero-order valence-electron chi connectivity index (χ0n) is 16.3. The number of hydrogen-bond donors (Lipinski definition) is 2. The Balaban J connectivity index is 1.77. The van der Waals surface area contributed by atoms with Crippen molar-refractivity contribution in [2.45, 2.75) is 25.9 Å². The van der Waals surface area contributed by atoms with Crippen molar-refractivity contribution >= 4 is 23.2 Å². The van der Waals surface area contributed by atoms with Gasteiger partial charge in [-0.3, -0.25) is 4.79 Å². The number of unbranched alkanes of at least 4 members (excludes halogenated alkanes) is 1. The van der Waals surface area contributed by atoms with Crippen molar-refractivity contribution in [3.05, 3.63) is 94.5 Å². The first-order valence-corrected chi connectivity index (χ1v) is 10.0. The summed E-state index contributed by atoms with van der Waals surface area (Å²) >= 11 is 6.13. The molecule has 0 bridgehead atoms. The van der Waals surface area contributed by atoms with Crippen LogP contribution in [0.4, 0.5) is 5.69 Å². The van der Waals surface area contributed by atoms with Crippen molar-refractivity contribution in [3.8, 4) is 5.75 Å². The molecule has 3 aromatic carbocycles. The third kappa shape index (κ3) is 5.59. The van der Waals surface area contributed by atoms with E-state index in [-0.39, 0.29) is 5.91 Å². The number of halogens is 1. The maximum Gasteiger partial charge on any atom is 0.255 e. The van der Waals surface area contributed by atoms with Gasteiger partial charge < -0.3 is 15.2 Å². The Morgan fingerprint density at radius 3 is 2.48 bits per heavy atom. The average Bonchev–Trinajstić information content (AvgIpc) is 2.75. The molecule has 0 saturated carbocycles. The van der Waals surface area contributed by atoms with Gasteiger partial charge >= 0.3 is 0 Å². The second kappa shape index (κ2) is 10.1. The van der Waals surface area contributed by atoms with Gasteiger partial charge in [0.15, 0.2) is 0 Å². The molecule has 5 heteroatoms. The lowest BCUT2D eigenvalue weighted by atomic mass is 9.99. The lowest BCUT2D eigenvalue weighted by molar-refractivity contribution is 0.102. The van der Waals surface area contributed by atoms with Gasteiger partial charge in [0.1, 0.15) is 11.9 Å². The minimum Gasteiger partial charge on any atom is -0.494 e. The van der Waals surface area contributed by atoms with E-state index >= 15 is 0 Å². The minimum absolute atomic E-state index is 0.269. The number of aliphatic hydroxyl groups is 1. The topological polar surface area (TPSA) is 58.6 Å². The molecule has 1 atom stereocenters. The number of benzene rings is 3. The lowest BCUT2D eigenvalue weighted by Gasteiger charge is -2.17. The first-order valence-electron chi connectivity index (χ1n) is 9.65. The molecule has 3 rings (SSSR count). The van der Waals surface area contributed by atoms with Crippen molar-refractivity contribution in [2.75, 3.05) is 11.9 Å². The van der Waals surface area contributed by atoms with E-state index in [0.717, 1.165) is 24.2 Å². The van der Waals surface area contributed by atoms with Crippen LogP contribution in [0.1, 0.15) is 47.4 Å². The van der Waals surface area contributed by atoms with E-state index in [1.54, 1.807) is 42.5 Å². The number of carbonyl (C=O) groups excluding carboxylic acids is 1. The number of amides is 1. The number of rotatable bonds is 8. The van der Waals surface area contributed by atoms with Gasteiger partial charge in [-0.2, -0.15) is 0 Å². The van der Waals surface area contributed by atoms with Gasteiger partial charge in [-0.1, -0.05) is 55.3 Å². The molecule has 0 aromatic heterocycles. The maximum absolute atomic E-state index is 12.7. The zero-order valence-corrected chi connectivity index (χ0v) is 17.0. The van der Waals surface area contributed by atoms with Crippen LogP contribution in [0.3, 0.4) is 0 Å². The average molecular weight is 410 g/mol. The predicted octanol–water partition coefficient (Wildman–Crippen LogP) is 5.85. The van der Waals surface area contributed by atoms with E-state index in [1.165, 1.54) is 0 Å². The molecule has 0 aliphatic heterocycles. The molecule has 0 saturated heterocycles. The smallest absolute Gasteiger partial charge is 0.255 e. The van der Waals surface area contributed by atoms with E-state index < -0.39 is 6.10 Å². The summed E-state index contributed by atoms with van der Waals surface area (Å²) in [5, 5.41) is 14.2. The van der Waals surface area contributed by atoms with E-state index in [2.05, 4.69) is 12.2 Å². The van der Waals surface area contributed by atoms with Crippen LogP contribution in [-0.2, 0) is 0 Å². The minimum atomic E-state index is -0.903. The molecule has 3 aromatic rings. The van der Waals surface area contributed by atoms with Crippen LogP contribution in [0.5, 0.6) is 5.75 Å². The van der Waals surface area contributed by atoms with Crippen molar-refractivity contribution in [3.63, 3.8) is 0 Å². The van der Waals surface area contributed by atoms with Crippen molar-refractivity contribution < 1.29 is 14.6 Å². The van der Waals surface area contributed by atoms with Crippen LogP contribution in [0, 0.1) is 0 Å². The van der Waals surface area contributed by atoms with Gasteiger partial charge in [-0.15, -0.1) is 0 Å². The normalized spacial score (nSPS) is 11.7. The molecule has 29 heavy (non-hydrogen) atoms. The van der Waals surface area contributed by atoms with E-state index in [0.29, 0.717) is 28.4 Å². The molecule has 0 radical (unpaired) electrons. The van der Waals surface area contributed by atoms with Gasteiger partial charge in [0, 0.05) is 21.8 Å². The summed E-state index contributed by atoms with van der Waals surface area (Å²) in [5.74, 6) is 0.468. The quantitative estimate of drug-likeness (QED) is 0.458. The van der Waals surface area contributed by atoms with Crippen LogP contribution in [-0.4, -0.2) is 17.6 Å². The Labute approximate surface area is 176 Å². The Morgan fingerprint density at radius 1 is 1.07 bits per heavy atom. The van der Waals surface area contributed by atoms with Gasteiger partial charge in [0.05, 0.1) is 6.61 Å². The first-order chi connectivity index (χ1) is 14.1. The molecular formula is C24H24ClNO3. The Bertz CT molecular complexity index is 942. The zero-order chi connectivity index (χ0) is 20.6. The third-order valence-electron chi connectivity index (χ3n) is 4.55. The summed E-state index contributed by atoms with van der Waals surface area (Å²) in [7, 11) is 0. The summed E-state index contributed by atoms with van der Waals surface area (Å²) < 4.78 is 5.63. The SMILES string of the molecule is CCCCOc1ccc(C(=O)Nc2ccc(Cl)cc2[C@@H](O)c2ccccc2)cc1. The molecule has 0 aliphatic carbocycles. The van der Waals surface area contributed by atoms with Crippen LogP contribution in [0.15, 0.2) is 72.8 Å². The monoisotopic (exact) mass is 409 g/mol. The van der Waals surface area contributed by atoms with Gasteiger partial charge in [-0.25, -0.2) is 0 Å². The molecule has 0 heterocycles. The van der Waals surface area contributed by atoms with E-state index in [4.69, 9.17) is 16.3 Å². The fourth-order valence-corrected chi connectivity index (χ4v) is 3.10. The Kier molecular flexibility index (Phi) is 7.28. The molecule has 150 valence electrons. The second-order valence-corrected chi connectivity index (χ2v) is 7.16. The number of carbonyl (C=O) groups is 1. The molecule has 0 aliphatic rings. The van der Waals surface area contributed by atoms with Crippen molar-refractivity contribution in [2.24, 2.45) is 0 Å². The highest BCUT2D eigenvalue weighted by Crippen LogP contribution is 2.31. The predicted molar refractivity (Wildman–Crippen MR) is 117 cm³/mol. The van der Waals surface area contributed by atoms with E-state index in [1.807, 2.05) is 30.3 Å². The van der Waals surface area contributed by atoms with Crippen LogP contribution < -0.4 is 10.1 Å². The van der Waals surface area contributed by atoms with Crippen molar-refractivity contribution in [1.29, 1.82) is 0 Å². The molecule has 0 unspecified atom stereocenters. The van der Waals surface area contributed by atoms with Crippen LogP contribution in [0.2, 0.25) is 5.02 Å². The summed E-state index contributed by atoms with van der Waals surface area (Å²) in [6.45, 7) is 2.77. The Morgan fingerprint density at radius 2 is 1.79 bits per heavy atom. The molecule has 0 spiro atoms. The lowest BCUT2D eigenvalue weighted by Crippen LogP contribution is -2.14. The summed E-state index contributed by atoms with van der Waals surface area (Å²) in [6, 6.07) is 21.3. The Hall–Kier alpha value is -2.82. The highest BCUT2D eigenvalue weighted by molar-refractivity contribution is 6.30. The van der Waals surface area contributed by atoms with E-state index in [9.17, 15) is 9.90 Å². The molecule has 4 nitrogen and oxygen atoms in total. The number of aliphatic hydroxyl groups excluding tert-OH is 1. The summed E-state index contributed by atoms with van der Waals surface area (Å²) in [6.07, 6.45) is 1.16. The highest BCUT2D eigenvalue weighted by Gasteiger charge is 2.17. The molecule has 1 amide bonds. The molecule has 0 fully saturated rings. The number of anilines is 1. The second-order valence-electron chi connectivity index (χ2n) is 6.73. The maximum atomic E-state index is 12.7. The molecular weight excluding hydrogens is 386 g/mol. The van der Waals surface area contributed by atoms with Gasteiger partial charge in [0.25, 0.3) is 5.91 Å². The summed E-state index contributed by atoms with van der Waals surface area (Å²) in [4.78, 5) is 12.7. The first kappa shape index (κ1) is 20.9. The fraction of sp³-hybridized carbons (Fsp3) is 0.208. The largest absolute Gasteiger partial charge is 0.494 e. The highest BCUT2D eigenvalue weighted by atomic mass is 35.5. The molecule has 2 N–H and O–H groups in total. The standard InChI is InChI=1S/C24H24ClNO3/c1-2-3-15-29-20-12-9-18(10-13-20)24(28)26-22-14-11-19(25)16-21(22)23(27)17-7-5-4-6-8-17/h4-14,16,23,27H,2-3,15H2,1H3,(H,26,28)/t23-/m0/s1. The number of ether oxygens (including phenoxy) is 1. The fourth-order valence-electron chi connectivity index (χ4n) is 2.92. The van der Waals surface area contributed by atoms with Gasteiger partial charge in [-0.05, 0) is 54.4 Å². The van der Waals surface area contributed by atoms with Gasteiger partial charge in [0.2, 0.25) is 0 Å². The number of nitrogens with one attached hydrogen (secondary N) is 1. The third-order valence-corrected chi connectivity index (χ3v) is 4.79. The van der Waals surface area contributed by atoms with Crippen molar-refractivity contribution in [1.82, 2.24) is 0 Å².